The normalized spacial score (nSPS) is 27.2. The van der Waals surface area contributed by atoms with Crippen molar-refractivity contribution in [1.29, 1.82) is 0 Å². The van der Waals surface area contributed by atoms with Crippen LogP contribution in [0.5, 0.6) is 5.75 Å². The van der Waals surface area contributed by atoms with E-state index in [0.717, 1.165) is 19.4 Å². The molecule has 1 aromatic carbocycles. The number of hydrogen-bond acceptors (Lipinski definition) is 4. The summed E-state index contributed by atoms with van der Waals surface area (Å²) in [6.07, 6.45) is 3.28. The maximum absolute atomic E-state index is 12.8. The van der Waals surface area contributed by atoms with Crippen LogP contribution in [-0.4, -0.2) is 65.5 Å². The smallest absolute Gasteiger partial charge is 0.260 e. The van der Waals surface area contributed by atoms with Crippen molar-refractivity contribution in [3.63, 3.8) is 0 Å². The van der Waals surface area contributed by atoms with E-state index in [2.05, 4.69) is 33.0 Å². The number of nitrogens with zero attached hydrogens (tertiary/aromatic N) is 2. The molecule has 0 aromatic heterocycles. The van der Waals surface area contributed by atoms with Gasteiger partial charge in [-0.1, -0.05) is 0 Å². The standard InChI is InChI=1S/C22H33N3O3.ClH/c1-15-6-5-7-16(2)25(15)21(26)14-28-20-10-8-19(9-11-20)22(27)24-13-12-23-17(3)18(24)4;/h8-11,15-18,23H,5-7,12-14H2,1-4H3;1H. The summed E-state index contributed by atoms with van der Waals surface area (Å²) in [5, 5.41) is 3.39. The van der Waals surface area contributed by atoms with Crippen LogP contribution >= 0.6 is 12.4 Å². The van der Waals surface area contributed by atoms with Gasteiger partial charge in [0, 0.05) is 42.8 Å². The Bertz CT molecular complexity index is 687. The maximum atomic E-state index is 12.8. The molecule has 2 saturated heterocycles. The van der Waals surface area contributed by atoms with Gasteiger partial charge in [-0.15, -0.1) is 12.4 Å². The van der Waals surface area contributed by atoms with Gasteiger partial charge < -0.3 is 19.9 Å². The van der Waals surface area contributed by atoms with E-state index in [1.54, 1.807) is 24.3 Å². The molecule has 0 spiro atoms. The van der Waals surface area contributed by atoms with Gasteiger partial charge in [0.25, 0.3) is 11.8 Å². The summed E-state index contributed by atoms with van der Waals surface area (Å²) in [4.78, 5) is 29.3. The topological polar surface area (TPSA) is 61.9 Å². The number of benzene rings is 1. The molecule has 4 unspecified atom stereocenters. The van der Waals surface area contributed by atoms with Crippen LogP contribution in [0.2, 0.25) is 0 Å². The second kappa shape index (κ2) is 10.3. The lowest BCUT2D eigenvalue weighted by Crippen LogP contribution is -2.57. The van der Waals surface area contributed by atoms with Gasteiger partial charge in [0.15, 0.2) is 6.61 Å². The van der Waals surface area contributed by atoms with Crippen LogP contribution in [-0.2, 0) is 4.79 Å². The third kappa shape index (κ3) is 5.43. The summed E-state index contributed by atoms with van der Waals surface area (Å²) in [5.41, 5.74) is 0.651. The van der Waals surface area contributed by atoms with E-state index in [4.69, 9.17) is 4.74 Å². The van der Waals surface area contributed by atoms with Crippen molar-refractivity contribution in [2.75, 3.05) is 19.7 Å². The largest absolute Gasteiger partial charge is 0.484 e. The molecule has 0 bridgehead atoms. The number of nitrogens with one attached hydrogen (secondary N) is 1. The fraction of sp³-hybridized carbons (Fsp3) is 0.636. The van der Waals surface area contributed by atoms with E-state index in [1.165, 1.54) is 6.42 Å². The monoisotopic (exact) mass is 423 g/mol. The van der Waals surface area contributed by atoms with Gasteiger partial charge >= 0.3 is 0 Å². The van der Waals surface area contributed by atoms with Crippen molar-refractivity contribution in [3.8, 4) is 5.75 Å². The van der Waals surface area contributed by atoms with Gasteiger partial charge in [0.05, 0.1) is 0 Å². The lowest BCUT2D eigenvalue weighted by molar-refractivity contribution is -0.139. The van der Waals surface area contributed by atoms with Crippen molar-refractivity contribution in [2.24, 2.45) is 0 Å². The van der Waals surface area contributed by atoms with E-state index in [0.29, 0.717) is 17.9 Å². The molecule has 2 amide bonds. The number of rotatable bonds is 4. The maximum Gasteiger partial charge on any atom is 0.260 e. The Morgan fingerprint density at radius 1 is 1.07 bits per heavy atom. The zero-order chi connectivity index (χ0) is 20.3. The predicted molar refractivity (Wildman–Crippen MR) is 117 cm³/mol. The van der Waals surface area contributed by atoms with Crippen LogP contribution in [0.4, 0.5) is 0 Å². The van der Waals surface area contributed by atoms with Gasteiger partial charge in [-0.25, -0.2) is 0 Å². The molecule has 7 heteroatoms. The summed E-state index contributed by atoms with van der Waals surface area (Å²) in [6, 6.07) is 8.10. The minimum atomic E-state index is 0. The number of ether oxygens (including phenoxy) is 1. The summed E-state index contributed by atoms with van der Waals surface area (Å²) < 4.78 is 5.71. The molecule has 0 aliphatic carbocycles. The van der Waals surface area contributed by atoms with Crippen LogP contribution < -0.4 is 10.1 Å². The third-order valence-electron chi connectivity index (χ3n) is 6.24. The third-order valence-corrected chi connectivity index (χ3v) is 6.24. The van der Waals surface area contributed by atoms with E-state index >= 15 is 0 Å². The summed E-state index contributed by atoms with van der Waals surface area (Å²) in [7, 11) is 0. The number of halogens is 1. The lowest BCUT2D eigenvalue weighted by atomic mass is 9.97. The Morgan fingerprint density at radius 3 is 2.31 bits per heavy atom. The number of carbonyl (C=O) groups excluding carboxylic acids is 2. The van der Waals surface area contributed by atoms with Crippen LogP contribution in [0.15, 0.2) is 24.3 Å². The molecule has 1 N–H and O–H groups in total. The Labute approximate surface area is 180 Å². The van der Waals surface area contributed by atoms with Crippen LogP contribution in [0, 0.1) is 0 Å². The highest BCUT2D eigenvalue weighted by Crippen LogP contribution is 2.23. The first kappa shape index (κ1) is 23.5. The van der Waals surface area contributed by atoms with E-state index in [-0.39, 0.29) is 55.0 Å². The molecule has 0 saturated carbocycles. The highest BCUT2D eigenvalue weighted by Gasteiger charge is 2.30. The fourth-order valence-corrected chi connectivity index (χ4v) is 4.34. The SMILES string of the molecule is CC1NCCN(C(=O)c2ccc(OCC(=O)N3C(C)CCCC3C)cc2)C1C.Cl. The molecule has 29 heavy (non-hydrogen) atoms. The molecule has 6 nitrogen and oxygen atoms in total. The second-order valence-corrected chi connectivity index (χ2v) is 8.22. The van der Waals surface area contributed by atoms with Gasteiger partial charge in [0.2, 0.25) is 0 Å². The van der Waals surface area contributed by atoms with E-state index in [9.17, 15) is 9.59 Å². The van der Waals surface area contributed by atoms with Crippen molar-refractivity contribution in [1.82, 2.24) is 15.1 Å². The molecular weight excluding hydrogens is 390 g/mol. The first-order valence-electron chi connectivity index (χ1n) is 10.5. The van der Waals surface area contributed by atoms with Gasteiger partial charge in [-0.2, -0.15) is 0 Å². The molecule has 1 aromatic rings. The Morgan fingerprint density at radius 2 is 1.69 bits per heavy atom. The van der Waals surface area contributed by atoms with Crippen molar-refractivity contribution < 1.29 is 14.3 Å². The quantitative estimate of drug-likeness (QED) is 0.808. The number of piperidine rings is 1. The van der Waals surface area contributed by atoms with Gasteiger partial charge in [-0.3, -0.25) is 9.59 Å². The zero-order valence-corrected chi connectivity index (χ0v) is 18.7. The molecular formula is C22H34ClN3O3. The van der Waals surface area contributed by atoms with Gasteiger partial charge in [0.1, 0.15) is 5.75 Å². The molecule has 2 aliphatic rings. The average molecular weight is 424 g/mol. The van der Waals surface area contributed by atoms with Crippen molar-refractivity contribution in [2.45, 2.75) is 71.1 Å². The summed E-state index contributed by atoms with van der Waals surface area (Å²) in [5.74, 6) is 0.687. The highest BCUT2D eigenvalue weighted by atomic mass is 35.5. The molecule has 162 valence electrons. The molecule has 2 aliphatic heterocycles. The van der Waals surface area contributed by atoms with Gasteiger partial charge in [-0.05, 0) is 71.2 Å². The summed E-state index contributed by atoms with van der Waals surface area (Å²) in [6.45, 7) is 9.94. The van der Waals surface area contributed by atoms with Crippen molar-refractivity contribution >= 4 is 24.2 Å². The number of carbonyl (C=O) groups is 2. The number of likely N-dealkylation sites (tertiary alicyclic amines) is 1. The Balaban J connectivity index is 0.00000300. The lowest BCUT2D eigenvalue weighted by Gasteiger charge is -2.39. The van der Waals surface area contributed by atoms with Crippen LogP contribution in [0.3, 0.4) is 0 Å². The predicted octanol–water partition coefficient (Wildman–Crippen LogP) is 3.10. The Kier molecular flexibility index (Phi) is 8.34. The van der Waals surface area contributed by atoms with Crippen LogP contribution in [0.25, 0.3) is 0 Å². The average Bonchev–Trinajstić information content (AvgIpc) is 2.68. The second-order valence-electron chi connectivity index (χ2n) is 8.22. The molecule has 3 rings (SSSR count). The number of hydrogen-bond donors (Lipinski definition) is 1. The number of piperazine rings is 1. The fourth-order valence-electron chi connectivity index (χ4n) is 4.34. The van der Waals surface area contributed by atoms with E-state index in [1.807, 2.05) is 9.80 Å². The van der Waals surface area contributed by atoms with E-state index < -0.39 is 0 Å². The molecule has 2 heterocycles. The highest BCUT2D eigenvalue weighted by molar-refractivity contribution is 5.94. The molecule has 0 radical (unpaired) electrons. The molecule has 4 atom stereocenters. The zero-order valence-electron chi connectivity index (χ0n) is 17.9. The minimum absolute atomic E-state index is 0. The Hall–Kier alpha value is -1.79. The number of amides is 2. The first-order chi connectivity index (χ1) is 13.4. The minimum Gasteiger partial charge on any atom is -0.484 e. The van der Waals surface area contributed by atoms with Crippen molar-refractivity contribution in [3.05, 3.63) is 29.8 Å². The van der Waals surface area contributed by atoms with Crippen LogP contribution in [0.1, 0.15) is 57.3 Å². The first-order valence-corrected chi connectivity index (χ1v) is 10.5. The molecule has 2 fully saturated rings. The summed E-state index contributed by atoms with van der Waals surface area (Å²) >= 11 is 0.